The number of hydrogen-bond acceptors (Lipinski definition) is 2. The van der Waals surface area contributed by atoms with Crippen molar-refractivity contribution in [2.24, 2.45) is 5.73 Å². The molecule has 0 aliphatic carbocycles. The van der Waals surface area contributed by atoms with Crippen LogP contribution in [0.3, 0.4) is 0 Å². The summed E-state index contributed by atoms with van der Waals surface area (Å²) < 4.78 is 0. The Bertz CT molecular complexity index is 622. The van der Waals surface area contributed by atoms with Gasteiger partial charge in [0, 0.05) is 24.5 Å². The smallest absolute Gasteiger partial charge is 0.326 e. The van der Waals surface area contributed by atoms with Crippen molar-refractivity contribution in [3.05, 3.63) is 59.7 Å². The Balaban J connectivity index is 1.74. The van der Waals surface area contributed by atoms with Gasteiger partial charge in [0.25, 0.3) is 0 Å². The molecule has 0 atom stereocenters. The minimum atomic E-state index is -0.0875. The van der Waals surface area contributed by atoms with E-state index in [1.807, 2.05) is 42.5 Å². The highest BCUT2D eigenvalue weighted by Gasteiger charge is 2.23. The summed E-state index contributed by atoms with van der Waals surface area (Å²) >= 11 is 0. The van der Waals surface area contributed by atoms with Crippen LogP contribution in [0.4, 0.5) is 16.2 Å². The molecule has 0 radical (unpaired) electrons. The summed E-state index contributed by atoms with van der Waals surface area (Å²) in [4.78, 5) is 14.1. The molecule has 3 rings (SSSR count). The highest BCUT2D eigenvalue weighted by molar-refractivity contribution is 6.03. The van der Waals surface area contributed by atoms with Crippen LogP contribution in [0, 0.1) is 0 Å². The summed E-state index contributed by atoms with van der Waals surface area (Å²) in [5, 5.41) is 2.92. The fraction of sp³-hybridized carbons (Fsp3) is 0.188. The number of fused-ring (bicyclic) bond motifs is 1. The number of anilines is 2. The lowest BCUT2D eigenvalue weighted by Gasteiger charge is -2.18. The molecule has 4 heteroatoms. The van der Waals surface area contributed by atoms with Crippen molar-refractivity contribution in [1.29, 1.82) is 0 Å². The normalized spacial score (nSPS) is 13.2. The fourth-order valence-corrected chi connectivity index (χ4v) is 2.46. The molecule has 20 heavy (non-hydrogen) atoms. The second-order valence-corrected chi connectivity index (χ2v) is 4.86. The third-order valence-corrected chi connectivity index (χ3v) is 3.57. The maximum atomic E-state index is 12.3. The molecule has 0 spiro atoms. The molecule has 0 aromatic heterocycles. The van der Waals surface area contributed by atoms with Crippen molar-refractivity contribution < 1.29 is 4.79 Å². The molecule has 4 nitrogen and oxygen atoms in total. The zero-order valence-corrected chi connectivity index (χ0v) is 11.2. The molecule has 0 saturated heterocycles. The molecule has 1 aliphatic rings. The maximum Gasteiger partial charge on any atom is 0.326 e. The van der Waals surface area contributed by atoms with Gasteiger partial charge in [-0.2, -0.15) is 0 Å². The van der Waals surface area contributed by atoms with E-state index in [0.29, 0.717) is 6.54 Å². The van der Waals surface area contributed by atoms with Gasteiger partial charge in [0.1, 0.15) is 0 Å². The molecule has 1 heterocycles. The van der Waals surface area contributed by atoms with E-state index in [4.69, 9.17) is 5.73 Å². The molecule has 0 saturated carbocycles. The van der Waals surface area contributed by atoms with Gasteiger partial charge in [0.2, 0.25) is 0 Å². The summed E-state index contributed by atoms with van der Waals surface area (Å²) in [6, 6.07) is 15.5. The summed E-state index contributed by atoms with van der Waals surface area (Å²) in [7, 11) is 0. The van der Waals surface area contributed by atoms with Crippen LogP contribution in [0.25, 0.3) is 0 Å². The Morgan fingerprint density at radius 3 is 2.65 bits per heavy atom. The number of nitrogens with one attached hydrogen (secondary N) is 1. The summed E-state index contributed by atoms with van der Waals surface area (Å²) in [5.41, 5.74) is 9.62. The molecule has 1 aliphatic heterocycles. The number of carbonyl (C=O) groups is 1. The second kappa shape index (κ2) is 5.35. The highest BCUT2D eigenvalue weighted by Crippen LogP contribution is 2.27. The minimum absolute atomic E-state index is 0.0875. The topological polar surface area (TPSA) is 58.4 Å². The maximum absolute atomic E-state index is 12.3. The molecule has 3 N–H and O–H groups in total. The SMILES string of the molecule is NCc1ccc(NC(=O)N2CCc3ccccc32)cc1. The Labute approximate surface area is 118 Å². The van der Waals surface area contributed by atoms with E-state index in [2.05, 4.69) is 11.4 Å². The van der Waals surface area contributed by atoms with Crippen molar-refractivity contribution in [3.8, 4) is 0 Å². The molecule has 0 fully saturated rings. The molecular weight excluding hydrogens is 250 g/mol. The van der Waals surface area contributed by atoms with Gasteiger partial charge in [-0.3, -0.25) is 4.90 Å². The van der Waals surface area contributed by atoms with Gasteiger partial charge in [0.05, 0.1) is 0 Å². The number of nitrogens with two attached hydrogens (primary N) is 1. The number of hydrogen-bond donors (Lipinski definition) is 2. The first kappa shape index (κ1) is 12.7. The quantitative estimate of drug-likeness (QED) is 0.879. The van der Waals surface area contributed by atoms with E-state index in [1.165, 1.54) is 5.56 Å². The third kappa shape index (κ3) is 2.38. The first-order valence-electron chi connectivity index (χ1n) is 6.73. The van der Waals surface area contributed by atoms with Crippen LogP contribution in [0.2, 0.25) is 0 Å². The average molecular weight is 267 g/mol. The van der Waals surface area contributed by atoms with Crippen molar-refractivity contribution in [2.75, 3.05) is 16.8 Å². The van der Waals surface area contributed by atoms with Crippen molar-refractivity contribution in [2.45, 2.75) is 13.0 Å². The molecule has 2 amide bonds. The predicted molar refractivity (Wildman–Crippen MR) is 80.8 cm³/mol. The number of para-hydroxylation sites is 1. The molecule has 2 aromatic rings. The number of carbonyl (C=O) groups excluding carboxylic acids is 1. The van der Waals surface area contributed by atoms with Crippen LogP contribution in [-0.2, 0) is 13.0 Å². The van der Waals surface area contributed by atoms with Gasteiger partial charge in [-0.25, -0.2) is 4.79 Å². The first-order chi connectivity index (χ1) is 9.78. The lowest BCUT2D eigenvalue weighted by molar-refractivity contribution is 0.257. The number of urea groups is 1. The van der Waals surface area contributed by atoms with E-state index in [0.717, 1.165) is 29.9 Å². The lowest BCUT2D eigenvalue weighted by atomic mass is 10.2. The van der Waals surface area contributed by atoms with E-state index >= 15 is 0 Å². The van der Waals surface area contributed by atoms with Crippen LogP contribution in [-0.4, -0.2) is 12.6 Å². The molecule has 2 aromatic carbocycles. The lowest BCUT2D eigenvalue weighted by Crippen LogP contribution is -2.33. The Morgan fingerprint density at radius 2 is 1.90 bits per heavy atom. The van der Waals surface area contributed by atoms with E-state index in [9.17, 15) is 4.79 Å². The Morgan fingerprint density at radius 1 is 1.15 bits per heavy atom. The highest BCUT2D eigenvalue weighted by atomic mass is 16.2. The van der Waals surface area contributed by atoms with Gasteiger partial charge in [0.15, 0.2) is 0 Å². The van der Waals surface area contributed by atoms with E-state index in [1.54, 1.807) is 4.90 Å². The predicted octanol–water partition coefficient (Wildman–Crippen LogP) is 2.74. The molecular formula is C16H17N3O. The van der Waals surface area contributed by atoms with Gasteiger partial charge in [-0.1, -0.05) is 30.3 Å². The second-order valence-electron chi connectivity index (χ2n) is 4.86. The number of nitrogens with zero attached hydrogens (tertiary/aromatic N) is 1. The van der Waals surface area contributed by atoms with E-state index in [-0.39, 0.29) is 6.03 Å². The van der Waals surface area contributed by atoms with Gasteiger partial charge < -0.3 is 11.1 Å². The third-order valence-electron chi connectivity index (χ3n) is 3.57. The molecule has 102 valence electrons. The van der Waals surface area contributed by atoms with Crippen LogP contribution in [0.5, 0.6) is 0 Å². The van der Waals surface area contributed by atoms with Gasteiger partial charge in [-0.15, -0.1) is 0 Å². The van der Waals surface area contributed by atoms with Crippen LogP contribution < -0.4 is 16.0 Å². The van der Waals surface area contributed by atoms with Crippen molar-refractivity contribution in [1.82, 2.24) is 0 Å². The van der Waals surface area contributed by atoms with Crippen LogP contribution in [0.15, 0.2) is 48.5 Å². The zero-order chi connectivity index (χ0) is 13.9. The first-order valence-corrected chi connectivity index (χ1v) is 6.73. The van der Waals surface area contributed by atoms with Crippen LogP contribution >= 0.6 is 0 Å². The summed E-state index contributed by atoms with van der Waals surface area (Å²) in [6.45, 7) is 1.24. The van der Waals surface area contributed by atoms with Crippen molar-refractivity contribution in [3.63, 3.8) is 0 Å². The molecule has 0 bridgehead atoms. The largest absolute Gasteiger partial charge is 0.326 e. The Hall–Kier alpha value is -2.33. The molecule has 0 unspecified atom stereocenters. The average Bonchev–Trinajstić information content (AvgIpc) is 2.92. The fourth-order valence-electron chi connectivity index (χ4n) is 2.46. The van der Waals surface area contributed by atoms with Gasteiger partial charge >= 0.3 is 6.03 Å². The number of rotatable bonds is 2. The monoisotopic (exact) mass is 267 g/mol. The Kier molecular flexibility index (Phi) is 3.39. The minimum Gasteiger partial charge on any atom is -0.326 e. The zero-order valence-electron chi connectivity index (χ0n) is 11.2. The number of benzene rings is 2. The van der Waals surface area contributed by atoms with Crippen molar-refractivity contribution >= 4 is 17.4 Å². The summed E-state index contributed by atoms with van der Waals surface area (Å²) in [5.74, 6) is 0. The summed E-state index contributed by atoms with van der Waals surface area (Å²) in [6.07, 6.45) is 0.912. The van der Waals surface area contributed by atoms with Gasteiger partial charge in [-0.05, 0) is 35.7 Å². The van der Waals surface area contributed by atoms with E-state index < -0.39 is 0 Å². The standard InChI is InChI=1S/C16H17N3O/c17-11-12-5-7-14(8-6-12)18-16(20)19-10-9-13-3-1-2-4-15(13)19/h1-8H,9-11,17H2,(H,18,20). The number of amides is 2. The van der Waals surface area contributed by atoms with Crippen LogP contribution in [0.1, 0.15) is 11.1 Å².